The first-order valence-electron chi connectivity index (χ1n) is 7.51. The van der Waals surface area contributed by atoms with Crippen molar-refractivity contribution in [2.45, 2.75) is 20.4 Å². The summed E-state index contributed by atoms with van der Waals surface area (Å²) < 4.78 is 10.6. The lowest BCUT2D eigenvalue weighted by Gasteiger charge is -2.05. The van der Waals surface area contributed by atoms with Crippen LogP contribution >= 0.6 is 0 Å². The highest BCUT2D eigenvalue weighted by Gasteiger charge is 2.14. The number of fused-ring (bicyclic) bond motifs is 1. The normalized spacial score (nSPS) is 12.8. The van der Waals surface area contributed by atoms with E-state index < -0.39 is 5.91 Å². The highest BCUT2D eigenvalue weighted by atomic mass is 16.7. The van der Waals surface area contributed by atoms with Gasteiger partial charge in [-0.2, -0.15) is 5.26 Å². The Labute approximate surface area is 139 Å². The van der Waals surface area contributed by atoms with Gasteiger partial charge >= 0.3 is 0 Å². The lowest BCUT2D eigenvalue weighted by Crippen LogP contribution is -2.23. The van der Waals surface area contributed by atoms with E-state index in [1.807, 2.05) is 38.1 Å². The molecule has 1 aromatic heterocycles. The first kappa shape index (κ1) is 15.7. The van der Waals surface area contributed by atoms with Crippen molar-refractivity contribution >= 4 is 12.0 Å². The van der Waals surface area contributed by atoms with Crippen molar-refractivity contribution < 1.29 is 14.3 Å². The number of amides is 1. The highest BCUT2D eigenvalue weighted by molar-refractivity contribution is 6.01. The molecule has 1 amide bonds. The monoisotopic (exact) mass is 323 g/mol. The van der Waals surface area contributed by atoms with Gasteiger partial charge < -0.3 is 19.8 Å². The first-order valence-corrected chi connectivity index (χ1v) is 7.51. The van der Waals surface area contributed by atoms with Crippen LogP contribution in [0.2, 0.25) is 0 Å². The molecule has 2 aromatic rings. The molecule has 0 atom stereocenters. The molecule has 122 valence electrons. The van der Waals surface area contributed by atoms with Crippen LogP contribution in [-0.4, -0.2) is 17.7 Å². The van der Waals surface area contributed by atoms with E-state index >= 15 is 0 Å². The van der Waals surface area contributed by atoms with E-state index in [1.54, 1.807) is 12.1 Å². The predicted molar refractivity (Wildman–Crippen MR) is 88.3 cm³/mol. The molecule has 6 heteroatoms. The molecule has 24 heavy (non-hydrogen) atoms. The van der Waals surface area contributed by atoms with Crippen molar-refractivity contribution in [1.29, 1.82) is 5.26 Å². The molecule has 0 radical (unpaired) electrons. The molecule has 1 aliphatic heterocycles. The fourth-order valence-electron chi connectivity index (χ4n) is 2.53. The zero-order chi connectivity index (χ0) is 17.1. The average Bonchev–Trinajstić information content (AvgIpc) is 3.15. The Morgan fingerprint density at radius 1 is 1.33 bits per heavy atom. The zero-order valence-corrected chi connectivity index (χ0v) is 13.5. The zero-order valence-electron chi connectivity index (χ0n) is 13.5. The van der Waals surface area contributed by atoms with Gasteiger partial charge in [0.1, 0.15) is 11.6 Å². The van der Waals surface area contributed by atoms with Gasteiger partial charge in [-0.05, 0) is 49.2 Å². The Bertz CT molecular complexity index is 859. The lowest BCUT2D eigenvalue weighted by molar-refractivity contribution is -0.117. The summed E-state index contributed by atoms with van der Waals surface area (Å²) in [6.45, 7) is 4.34. The summed E-state index contributed by atoms with van der Waals surface area (Å²) in [7, 11) is 0. The van der Waals surface area contributed by atoms with Gasteiger partial charge in [-0.1, -0.05) is 6.07 Å². The van der Waals surface area contributed by atoms with E-state index in [0.29, 0.717) is 18.0 Å². The fourth-order valence-corrected chi connectivity index (χ4v) is 2.53. The molecule has 3 rings (SSSR count). The summed E-state index contributed by atoms with van der Waals surface area (Å²) in [4.78, 5) is 15.4. The number of nitrogens with one attached hydrogen (secondary N) is 2. The van der Waals surface area contributed by atoms with Crippen molar-refractivity contribution in [2.24, 2.45) is 0 Å². The number of ether oxygens (including phenoxy) is 2. The number of aromatic amines is 1. The smallest absolute Gasteiger partial charge is 0.262 e. The van der Waals surface area contributed by atoms with Crippen LogP contribution in [0.5, 0.6) is 11.5 Å². The largest absolute Gasteiger partial charge is 0.454 e. The summed E-state index contributed by atoms with van der Waals surface area (Å²) >= 11 is 0. The minimum absolute atomic E-state index is 0.0674. The number of rotatable bonds is 4. The maximum atomic E-state index is 12.2. The van der Waals surface area contributed by atoms with Gasteiger partial charge in [-0.15, -0.1) is 0 Å². The van der Waals surface area contributed by atoms with Crippen molar-refractivity contribution in [2.75, 3.05) is 6.79 Å². The molecule has 6 nitrogen and oxygen atoms in total. The number of carbonyl (C=O) groups is 1. The molecule has 2 N–H and O–H groups in total. The van der Waals surface area contributed by atoms with E-state index in [1.165, 1.54) is 0 Å². The highest BCUT2D eigenvalue weighted by Crippen LogP contribution is 2.32. The van der Waals surface area contributed by atoms with Crippen molar-refractivity contribution in [1.82, 2.24) is 10.3 Å². The van der Waals surface area contributed by atoms with Gasteiger partial charge in [-0.25, -0.2) is 0 Å². The Morgan fingerprint density at radius 2 is 2.12 bits per heavy atom. The third kappa shape index (κ3) is 3.25. The van der Waals surface area contributed by atoms with E-state index in [4.69, 9.17) is 9.47 Å². The molecule has 1 aliphatic rings. The number of hydrogen-bond donors (Lipinski definition) is 2. The van der Waals surface area contributed by atoms with Gasteiger partial charge in [0, 0.05) is 17.9 Å². The van der Waals surface area contributed by atoms with E-state index in [2.05, 4.69) is 10.3 Å². The van der Waals surface area contributed by atoms with Gasteiger partial charge in [0.25, 0.3) is 5.91 Å². The van der Waals surface area contributed by atoms with E-state index in [-0.39, 0.29) is 12.4 Å². The SMILES string of the molecule is Cc1cc(/C=C(\C#N)C(=O)NCc2ccc3c(c2)OCO3)c(C)[nH]1. The Kier molecular flexibility index (Phi) is 4.25. The molecule has 0 fully saturated rings. The molecule has 0 spiro atoms. The van der Waals surface area contributed by atoms with Gasteiger partial charge in [0.15, 0.2) is 11.5 Å². The molecule has 0 unspecified atom stereocenters. The predicted octanol–water partition coefficient (Wildman–Crippen LogP) is 2.58. The second-order valence-electron chi connectivity index (χ2n) is 5.57. The maximum Gasteiger partial charge on any atom is 0.262 e. The molecular weight excluding hydrogens is 306 g/mol. The topological polar surface area (TPSA) is 87.1 Å². The third-order valence-electron chi connectivity index (χ3n) is 3.74. The number of nitriles is 1. The van der Waals surface area contributed by atoms with Crippen molar-refractivity contribution in [3.63, 3.8) is 0 Å². The summed E-state index contributed by atoms with van der Waals surface area (Å²) in [5.74, 6) is 0.950. The lowest BCUT2D eigenvalue weighted by atomic mass is 10.1. The Hall–Kier alpha value is -3.20. The second-order valence-corrected chi connectivity index (χ2v) is 5.57. The number of hydrogen-bond acceptors (Lipinski definition) is 4. The number of benzene rings is 1. The van der Waals surface area contributed by atoms with E-state index in [0.717, 1.165) is 22.5 Å². The van der Waals surface area contributed by atoms with Crippen LogP contribution in [0.25, 0.3) is 6.08 Å². The minimum atomic E-state index is -0.409. The first-order chi connectivity index (χ1) is 11.6. The summed E-state index contributed by atoms with van der Waals surface area (Å²) in [5, 5.41) is 12.0. The second kappa shape index (κ2) is 6.50. The fraction of sp³-hybridized carbons (Fsp3) is 0.222. The molecule has 0 saturated heterocycles. The van der Waals surface area contributed by atoms with Crippen LogP contribution in [0.15, 0.2) is 29.8 Å². The number of aromatic nitrogens is 1. The Morgan fingerprint density at radius 3 is 2.83 bits per heavy atom. The van der Waals surface area contributed by atoms with Crippen LogP contribution < -0.4 is 14.8 Å². The number of nitrogens with zero attached hydrogens (tertiary/aromatic N) is 1. The summed E-state index contributed by atoms with van der Waals surface area (Å²) in [5.41, 5.74) is 3.68. The summed E-state index contributed by atoms with van der Waals surface area (Å²) in [6, 6.07) is 9.33. The van der Waals surface area contributed by atoms with Crippen molar-refractivity contribution in [3.8, 4) is 17.6 Å². The minimum Gasteiger partial charge on any atom is -0.454 e. The van der Waals surface area contributed by atoms with Gasteiger partial charge in [-0.3, -0.25) is 4.79 Å². The maximum absolute atomic E-state index is 12.2. The molecular formula is C18H17N3O3. The third-order valence-corrected chi connectivity index (χ3v) is 3.74. The van der Waals surface area contributed by atoms with Crippen LogP contribution in [0.3, 0.4) is 0 Å². The number of carbonyl (C=O) groups excluding carboxylic acids is 1. The molecule has 2 heterocycles. The van der Waals surface area contributed by atoms with Crippen LogP contribution in [-0.2, 0) is 11.3 Å². The molecule has 0 bridgehead atoms. The Balaban J connectivity index is 1.69. The molecule has 0 saturated carbocycles. The van der Waals surface area contributed by atoms with Gasteiger partial charge in [0.2, 0.25) is 6.79 Å². The standard InChI is InChI=1S/C18H17N3O3/c1-11-5-14(12(2)21-11)7-15(8-19)18(22)20-9-13-3-4-16-17(6-13)24-10-23-16/h3-7,21H,9-10H2,1-2H3,(H,20,22)/b15-7+. The number of aryl methyl sites for hydroxylation is 2. The van der Waals surface area contributed by atoms with Gasteiger partial charge in [0.05, 0.1) is 0 Å². The average molecular weight is 323 g/mol. The van der Waals surface area contributed by atoms with E-state index in [9.17, 15) is 10.1 Å². The van der Waals surface area contributed by atoms with Crippen molar-refractivity contribution in [3.05, 3.63) is 52.4 Å². The van der Waals surface area contributed by atoms with Crippen LogP contribution in [0, 0.1) is 25.2 Å². The van der Waals surface area contributed by atoms with Crippen LogP contribution in [0.4, 0.5) is 0 Å². The van der Waals surface area contributed by atoms with Crippen LogP contribution in [0.1, 0.15) is 22.5 Å². The molecule has 1 aromatic carbocycles. The number of H-pyrrole nitrogens is 1. The summed E-state index contributed by atoms with van der Waals surface area (Å²) in [6.07, 6.45) is 1.59. The quantitative estimate of drug-likeness (QED) is 0.669. The molecule has 0 aliphatic carbocycles.